The fourth-order valence-corrected chi connectivity index (χ4v) is 3.34. The molecule has 0 saturated carbocycles. The summed E-state index contributed by atoms with van der Waals surface area (Å²) in [6, 6.07) is 17.9. The number of unbranched alkanes of at least 4 members (excludes halogenated alkanes) is 2. The van der Waals surface area contributed by atoms with Gasteiger partial charge in [-0.2, -0.15) is 0 Å². The van der Waals surface area contributed by atoms with Crippen LogP contribution in [0.4, 0.5) is 0 Å². The number of H-pyrrole nitrogens is 1. The number of aromatic nitrogens is 3. The smallest absolute Gasteiger partial charge is 0.192 e. The Morgan fingerprint density at radius 1 is 1.04 bits per heavy atom. The van der Waals surface area contributed by atoms with Gasteiger partial charge < -0.3 is 9.55 Å². The van der Waals surface area contributed by atoms with Crippen LogP contribution in [-0.4, -0.2) is 14.5 Å². The summed E-state index contributed by atoms with van der Waals surface area (Å²) in [5, 5.41) is 0. The lowest BCUT2D eigenvalue weighted by molar-refractivity contribution is 0.718. The maximum absolute atomic E-state index is 12.4. The average molecular weight is 357 g/mol. The second-order valence-electron chi connectivity index (χ2n) is 6.86. The molecule has 4 heteroatoms. The number of pyridine rings is 1. The molecule has 0 atom stereocenters. The first-order chi connectivity index (χ1) is 13.2. The van der Waals surface area contributed by atoms with Crippen molar-refractivity contribution in [3.05, 3.63) is 82.8 Å². The summed E-state index contributed by atoms with van der Waals surface area (Å²) in [6.45, 7) is 2.21. The van der Waals surface area contributed by atoms with Crippen molar-refractivity contribution in [1.82, 2.24) is 14.5 Å². The van der Waals surface area contributed by atoms with Gasteiger partial charge in [-0.05, 0) is 42.7 Å². The lowest BCUT2D eigenvalue weighted by atomic mass is 10.1. The lowest BCUT2D eigenvalue weighted by Gasteiger charge is -2.07. The SMILES string of the molecule is CCCCCc1ccc2nc(-c3cn(-c4ccccc4)ccc3=O)[nH]c2c1. The molecule has 0 aliphatic heterocycles. The zero-order valence-corrected chi connectivity index (χ0v) is 15.5. The van der Waals surface area contributed by atoms with Crippen LogP contribution in [0.15, 0.2) is 71.8 Å². The van der Waals surface area contributed by atoms with E-state index in [2.05, 4.69) is 29.0 Å². The molecule has 0 radical (unpaired) electrons. The van der Waals surface area contributed by atoms with E-state index >= 15 is 0 Å². The highest BCUT2D eigenvalue weighted by atomic mass is 16.1. The first kappa shape index (κ1) is 17.3. The van der Waals surface area contributed by atoms with Crippen molar-refractivity contribution in [3.8, 4) is 17.1 Å². The molecule has 4 aromatic rings. The number of nitrogens with zero attached hydrogens (tertiary/aromatic N) is 2. The number of para-hydroxylation sites is 1. The van der Waals surface area contributed by atoms with Crippen LogP contribution >= 0.6 is 0 Å². The average Bonchev–Trinajstić information content (AvgIpc) is 3.12. The van der Waals surface area contributed by atoms with Gasteiger partial charge in [-0.15, -0.1) is 0 Å². The quantitative estimate of drug-likeness (QED) is 0.487. The van der Waals surface area contributed by atoms with Crippen LogP contribution in [0, 0.1) is 0 Å². The summed E-state index contributed by atoms with van der Waals surface area (Å²) in [4.78, 5) is 20.4. The highest BCUT2D eigenvalue weighted by molar-refractivity contribution is 5.80. The van der Waals surface area contributed by atoms with Crippen molar-refractivity contribution < 1.29 is 0 Å². The molecule has 0 bridgehead atoms. The Hall–Kier alpha value is -3.14. The Kier molecular flexibility index (Phi) is 4.88. The molecule has 2 aromatic heterocycles. The first-order valence-electron chi connectivity index (χ1n) is 9.51. The molecular formula is C23H23N3O. The Morgan fingerprint density at radius 3 is 2.70 bits per heavy atom. The fourth-order valence-electron chi connectivity index (χ4n) is 3.34. The van der Waals surface area contributed by atoms with Crippen molar-refractivity contribution in [2.24, 2.45) is 0 Å². The topological polar surface area (TPSA) is 50.7 Å². The van der Waals surface area contributed by atoms with Gasteiger partial charge in [0.2, 0.25) is 0 Å². The molecule has 136 valence electrons. The number of aryl methyl sites for hydroxylation is 1. The summed E-state index contributed by atoms with van der Waals surface area (Å²) >= 11 is 0. The van der Waals surface area contributed by atoms with Gasteiger partial charge in [-0.1, -0.05) is 44.0 Å². The Labute approximate surface area is 158 Å². The van der Waals surface area contributed by atoms with E-state index in [1.807, 2.05) is 47.2 Å². The largest absolute Gasteiger partial charge is 0.338 e. The van der Waals surface area contributed by atoms with E-state index in [4.69, 9.17) is 0 Å². The van der Waals surface area contributed by atoms with E-state index in [1.54, 1.807) is 12.3 Å². The predicted octanol–water partition coefficient (Wildman–Crippen LogP) is 5.11. The molecule has 4 nitrogen and oxygen atoms in total. The molecule has 2 heterocycles. The number of benzene rings is 2. The van der Waals surface area contributed by atoms with Crippen molar-refractivity contribution in [2.45, 2.75) is 32.6 Å². The van der Waals surface area contributed by atoms with Crippen molar-refractivity contribution in [1.29, 1.82) is 0 Å². The molecule has 27 heavy (non-hydrogen) atoms. The fraction of sp³-hybridized carbons (Fsp3) is 0.217. The monoisotopic (exact) mass is 357 g/mol. The Balaban J connectivity index is 1.70. The number of hydrogen-bond donors (Lipinski definition) is 1. The Bertz CT molecular complexity index is 1110. The third-order valence-corrected chi connectivity index (χ3v) is 4.84. The second-order valence-corrected chi connectivity index (χ2v) is 6.86. The second kappa shape index (κ2) is 7.62. The predicted molar refractivity (Wildman–Crippen MR) is 110 cm³/mol. The van der Waals surface area contributed by atoms with Crippen LogP contribution < -0.4 is 5.43 Å². The summed E-state index contributed by atoms with van der Waals surface area (Å²) in [5.41, 5.74) is 4.72. The minimum atomic E-state index is -0.0376. The molecule has 0 aliphatic rings. The van der Waals surface area contributed by atoms with Gasteiger partial charge >= 0.3 is 0 Å². The number of hydrogen-bond acceptors (Lipinski definition) is 2. The van der Waals surface area contributed by atoms with Crippen LogP contribution in [-0.2, 0) is 6.42 Å². The van der Waals surface area contributed by atoms with Gasteiger partial charge in [0.15, 0.2) is 5.43 Å². The van der Waals surface area contributed by atoms with Crippen LogP contribution in [0.1, 0.15) is 31.7 Å². The summed E-state index contributed by atoms with van der Waals surface area (Å²) in [7, 11) is 0. The number of imidazole rings is 1. The molecule has 0 aliphatic carbocycles. The molecule has 4 rings (SSSR count). The van der Waals surface area contributed by atoms with Crippen LogP contribution in [0.5, 0.6) is 0 Å². The Morgan fingerprint density at radius 2 is 1.89 bits per heavy atom. The zero-order valence-electron chi connectivity index (χ0n) is 15.5. The van der Waals surface area contributed by atoms with Crippen LogP contribution in [0.3, 0.4) is 0 Å². The molecule has 1 N–H and O–H groups in total. The normalized spacial score (nSPS) is 11.1. The molecule has 0 fully saturated rings. The molecule has 0 unspecified atom stereocenters. The molecule has 0 amide bonds. The van der Waals surface area contributed by atoms with Crippen molar-refractivity contribution in [3.63, 3.8) is 0 Å². The lowest BCUT2D eigenvalue weighted by Crippen LogP contribution is -2.08. The standard InChI is InChI=1S/C23H23N3O/c1-2-3-5-8-17-11-12-20-21(15-17)25-23(24-20)19-16-26(14-13-22(19)27)18-9-6-4-7-10-18/h4,6-7,9-16H,2-3,5,8H2,1H3,(H,24,25). The van der Waals surface area contributed by atoms with E-state index < -0.39 is 0 Å². The third-order valence-electron chi connectivity index (χ3n) is 4.84. The molecule has 0 saturated heterocycles. The first-order valence-corrected chi connectivity index (χ1v) is 9.51. The molecular weight excluding hydrogens is 334 g/mol. The van der Waals surface area contributed by atoms with Gasteiger partial charge in [0.05, 0.1) is 16.6 Å². The van der Waals surface area contributed by atoms with E-state index in [1.165, 1.54) is 24.8 Å². The van der Waals surface area contributed by atoms with Gasteiger partial charge in [0.1, 0.15) is 5.82 Å². The summed E-state index contributed by atoms with van der Waals surface area (Å²) < 4.78 is 1.94. The van der Waals surface area contributed by atoms with Crippen LogP contribution in [0.25, 0.3) is 28.1 Å². The van der Waals surface area contributed by atoms with E-state index in [-0.39, 0.29) is 5.43 Å². The van der Waals surface area contributed by atoms with Crippen molar-refractivity contribution >= 4 is 11.0 Å². The molecule has 0 spiro atoms. The van der Waals surface area contributed by atoms with E-state index in [0.717, 1.165) is 23.1 Å². The third kappa shape index (κ3) is 3.70. The maximum atomic E-state index is 12.4. The van der Waals surface area contributed by atoms with Crippen LogP contribution in [0.2, 0.25) is 0 Å². The number of nitrogens with one attached hydrogen (secondary N) is 1. The molecule has 2 aromatic carbocycles. The zero-order chi connectivity index (χ0) is 18.6. The van der Waals surface area contributed by atoms with Crippen molar-refractivity contribution in [2.75, 3.05) is 0 Å². The van der Waals surface area contributed by atoms with E-state index in [0.29, 0.717) is 11.4 Å². The van der Waals surface area contributed by atoms with Gasteiger partial charge in [0.25, 0.3) is 0 Å². The summed E-state index contributed by atoms with van der Waals surface area (Å²) in [5.74, 6) is 0.617. The van der Waals surface area contributed by atoms with Gasteiger partial charge in [-0.3, -0.25) is 4.79 Å². The number of fused-ring (bicyclic) bond motifs is 1. The van der Waals surface area contributed by atoms with Gasteiger partial charge in [0, 0.05) is 24.1 Å². The number of aromatic amines is 1. The minimum absolute atomic E-state index is 0.0376. The summed E-state index contributed by atoms with van der Waals surface area (Å²) in [6.07, 6.45) is 8.37. The maximum Gasteiger partial charge on any atom is 0.192 e. The van der Waals surface area contributed by atoms with Gasteiger partial charge in [-0.25, -0.2) is 4.98 Å². The minimum Gasteiger partial charge on any atom is -0.338 e. The highest BCUT2D eigenvalue weighted by Crippen LogP contribution is 2.21. The highest BCUT2D eigenvalue weighted by Gasteiger charge is 2.10. The number of rotatable bonds is 6. The van der Waals surface area contributed by atoms with E-state index in [9.17, 15) is 4.79 Å².